The number of carbonyl (C=O) groups is 1. The van der Waals surface area contributed by atoms with Gasteiger partial charge in [-0.25, -0.2) is 0 Å². The summed E-state index contributed by atoms with van der Waals surface area (Å²) in [7, 11) is 0. The van der Waals surface area contributed by atoms with Gasteiger partial charge in [-0.1, -0.05) is 58.4 Å². The van der Waals surface area contributed by atoms with Crippen molar-refractivity contribution in [3.05, 3.63) is 99.5 Å². The zero-order valence-electron chi connectivity index (χ0n) is 15.6. The lowest BCUT2D eigenvalue weighted by Gasteiger charge is -2.20. The summed E-state index contributed by atoms with van der Waals surface area (Å²) in [6.07, 6.45) is 3.32. The van der Waals surface area contributed by atoms with Gasteiger partial charge < -0.3 is 14.2 Å². The molecule has 1 heterocycles. The SMILES string of the molecule is O=C(C=Cc1cc(Br)cc2c1OCOC2)c1ccccc1OCc1ccccc1. The molecule has 0 saturated carbocycles. The van der Waals surface area contributed by atoms with Crippen molar-refractivity contribution in [2.24, 2.45) is 0 Å². The number of halogens is 1. The summed E-state index contributed by atoms with van der Waals surface area (Å²) in [6, 6.07) is 21.0. The minimum atomic E-state index is -0.130. The van der Waals surface area contributed by atoms with Gasteiger partial charge in [-0.15, -0.1) is 0 Å². The van der Waals surface area contributed by atoms with Crippen LogP contribution in [0.2, 0.25) is 0 Å². The molecular formula is C24H19BrO4. The molecule has 0 spiro atoms. The topological polar surface area (TPSA) is 44.8 Å². The van der Waals surface area contributed by atoms with Crippen molar-refractivity contribution >= 4 is 27.8 Å². The van der Waals surface area contributed by atoms with E-state index in [4.69, 9.17) is 14.2 Å². The normalized spacial score (nSPS) is 13.0. The average molecular weight is 451 g/mol. The standard InChI is InChI=1S/C24H19BrO4/c25-20-12-18(24-19(13-20)15-27-16-29-24)10-11-22(26)21-8-4-5-9-23(21)28-14-17-6-2-1-3-7-17/h1-13H,14-16H2. The van der Waals surface area contributed by atoms with E-state index in [0.717, 1.165) is 26.9 Å². The molecule has 4 nitrogen and oxygen atoms in total. The fourth-order valence-corrected chi connectivity index (χ4v) is 3.64. The zero-order chi connectivity index (χ0) is 20.1. The zero-order valence-corrected chi connectivity index (χ0v) is 17.2. The molecule has 0 saturated heterocycles. The average Bonchev–Trinajstić information content (AvgIpc) is 2.76. The Hall–Kier alpha value is -2.89. The van der Waals surface area contributed by atoms with Crippen LogP contribution in [0.15, 0.2) is 77.3 Å². The maximum Gasteiger partial charge on any atom is 0.189 e. The number of allylic oxidation sites excluding steroid dienone is 1. The molecule has 0 bridgehead atoms. The first kappa shape index (κ1) is 19.4. The Morgan fingerprint density at radius 2 is 1.86 bits per heavy atom. The van der Waals surface area contributed by atoms with Gasteiger partial charge >= 0.3 is 0 Å². The fraction of sp³-hybridized carbons (Fsp3) is 0.125. The molecule has 3 aromatic carbocycles. The van der Waals surface area contributed by atoms with E-state index in [0.29, 0.717) is 24.5 Å². The lowest BCUT2D eigenvalue weighted by atomic mass is 10.1. The second-order valence-electron chi connectivity index (χ2n) is 6.56. The summed E-state index contributed by atoms with van der Waals surface area (Å²) in [5.41, 5.74) is 3.34. The van der Waals surface area contributed by atoms with Gasteiger partial charge in [0.05, 0.1) is 12.2 Å². The summed E-state index contributed by atoms with van der Waals surface area (Å²) < 4.78 is 17.8. The van der Waals surface area contributed by atoms with Crippen molar-refractivity contribution < 1.29 is 19.0 Å². The molecule has 0 amide bonds. The van der Waals surface area contributed by atoms with Gasteiger partial charge in [0.15, 0.2) is 12.6 Å². The molecule has 0 aromatic heterocycles. The first-order valence-electron chi connectivity index (χ1n) is 9.22. The third-order valence-electron chi connectivity index (χ3n) is 4.51. The lowest BCUT2D eigenvalue weighted by Crippen LogP contribution is -2.12. The number of para-hydroxylation sites is 1. The van der Waals surface area contributed by atoms with E-state index in [1.165, 1.54) is 0 Å². The number of hydrogen-bond donors (Lipinski definition) is 0. The maximum absolute atomic E-state index is 12.9. The summed E-state index contributed by atoms with van der Waals surface area (Å²) in [5, 5.41) is 0. The highest BCUT2D eigenvalue weighted by molar-refractivity contribution is 9.10. The highest BCUT2D eigenvalue weighted by Crippen LogP contribution is 2.33. The minimum Gasteiger partial charge on any atom is -0.488 e. The number of benzene rings is 3. The van der Waals surface area contributed by atoms with Crippen LogP contribution >= 0.6 is 15.9 Å². The molecule has 5 heteroatoms. The summed E-state index contributed by atoms with van der Waals surface area (Å²) in [5.74, 6) is 1.18. The van der Waals surface area contributed by atoms with Crippen LogP contribution in [0.5, 0.6) is 11.5 Å². The number of rotatable bonds is 6. The highest BCUT2D eigenvalue weighted by atomic mass is 79.9. The van der Waals surface area contributed by atoms with E-state index in [-0.39, 0.29) is 12.6 Å². The van der Waals surface area contributed by atoms with Crippen molar-refractivity contribution in [1.82, 2.24) is 0 Å². The number of ketones is 1. The molecule has 0 N–H and O–H groups in total. The van der Waals surface area contributed by atoms with E-state index < -0.39 is 0 Å². The highest BCUT2D eigenvalue weighted by Gasteiger charge is 2.16. The molecular weight excluding hydrogens is 432 g/mol. The van der Waals surface area contributed by atoms with Crippen molar-refractivity contribution in [2.75, 3.05) is 6.79 Å². The number of carbonyl (C=O) groups excluding carboxylic acids is 1. The van der Waals surface area contributed by atoms with Crippen LogP contribution in [-0.4, -0.2) is 12.6 Å². The largest absolute Gasteiger partial charge is 0.488 e. The third-order valence-corrected chi connectivity index (χ3v) is 4.97. The van der Waals surface area contributed by atoms with Crippen LogP contribution in [0.1, 0.15) is 27.0 Å². The maximum atomic E-state index is 12.9. The van der Waals surface area contributed by atoms with Crippen molar-refractivity contribution in [1.29, 1.82) is 0 Å². The molecule has 1 aliphatic heterocycles. The van der Waals surface area contributed by atoms with E-state index in [1.807, 2.05) is 60.7 Å². The van der Waals surface area contributed by atoms with Crippen molar-refractivity contribution in [2.45, 2.75) is 13.2 Å². The van der Waals surface area contributed by atoms with Crippen molar-refractivity contribution in [3.63, 3.8) is 0 Å². The molecule has 146 valence electrons. The Morgan fingerprint density at radius 1 is 1.07 bits per heavy atom. The Balaban J connectivity index is 1.54. The van der Waals surface area contributed by atoms with Gasteiger partial charge in [0.2, 0.25) is 0 Å². The van der Waals surface area contributed by atoms with Gasteiger partial charge in [-0.2, -0.15) is 0 Å². The van der Waals surface area contributed by atoms with Gasteiger partial charge in [0.25, 0.3) is 0 Å². The second kappa shape index (κ2) is 9.07. The van der Waals surface area contributed by atoms with Gasteiger partial charge in [-0.3, -0.25) is 4.79 Å². The quantitative estimate of drug-likeness (QED) is 0.352. The van der Waals surface area contributed by atoms with E-state index in [1.54, 1.807) is 18.2 Å². The molecule has 0 unspecified atom stereocenters. The summed E-state index contributed by atoms with van der Waals surface area (Å²) in [6.45, 7) is 1.10. The molecule has 4 rings (SSSR count). The Morgan fingerprint density at radius 3 is 2.72 bits per heavy atom. The third kappa shape index (κ3) is 4.75. The van der Waals surface area contributed by atoms with Crippen LogP contribution < -0.4 is 9.47 Å². The molecule has 3 aromatic rings. The van der Waals surface area contributed by atoms with E-state index in [9.17, 15) is 4.79 Å². The Kier molecular flexibility index (Phi) is 6.08. The van der Waals surface area contributed by atoms with Crippen LogP contribution in [0, 0.1) is 0 Å². The number of hydrogen-bond acceptors (Lipinski definition) is 4. The van der Waals surface area contributed by atoms with Crippen LogP contribution in [-0.2, 0) is 18.0 Å². The monoisotopic (exact) mass is 450 g/mol. The predicted molar refractivity (Wildman–Crippen MR) is 115 cm³/mol. The fourth-order valence-electron chi connectivity index (χ4n) is 3.12. The first-order chi connectivity index (χ1) is 14.2. The molecule has 0 aliphatic carbocycles. The molecule has 0 fully saturated rings. The van der Waals surface area contributed by atoms with E-state index >= 15 is 0 Å². The Bertz CT molecular complexity index is 1040. The molecule has 1 aliphatic rings. The summed E-state index contributed by atoms with van der Waals surface area (Å²) in [4.78, 5) is 12.9. The van der Waals surface area contributed by atoms with Gasteiger partial charge in [0, 0.05) is 15.6 Å². The van der Waals surface area contributed by atoms with Crippen molar-refractivity contribution in [3.8, 4) is 11.5 Å². The predicted octanol–water partition coefficient (Wildman–Crippen LogP) is 5.79. The van der Waals surface area contributed by atoms with Gasteiger partial charge in [0.1, 0.15) is 18.1 Å². The minimum absolute atomic E-state index is 0.130. The molecule has 0 atom stereocenters. The first-order valence-corrected chi connectivity index (χ1v) is 10.0. The van der Waals surface area contributed by atoms with Gasteiger partial charge in [-0.05, 0) is 42.0 Å². The molecule has 29 heavy (non-hydrogen) atoms. The second-order valence-corrected chi connectivity index (χ2v) is 7.48. The van der Waals surface area contributed by atoms with Crippen LogP contribution in [0.4, 0.5) is 0 Å². The Labute approximate surface area is 177 Å². The number of fused-ring (bicyclic) bond motifs is 1. The van der Waals surface area contributed by atoms with E-state index in [2.05, 4.69) is 15.9 Å². The lowest BCUT2D eigenvalue weighted by molar-refractivity contribution is -0.0165. The molecule has 0 radical (unpaired) electrons. The summed E-state index contributed by atoms with van der Waals surface area (Å²) >= 11 is 3.50. The number of ether oxygens (including phenoxy) is 3. The van der Waals surface area contributed by atoms with Crippen LogP contribution in [0.25, 0.3) is 6.08 Å². The van der Waals surface area contributed by atoms with Crippen LogP contribution in [0.3, 0.4) is 0 Å². The smallest absolute Gasteiger partial charge is 0.189 e.